The number of anilines is 2. The van der Waals surface area contributed by atoms with Gasteiger partial charge in [0.2, 0.25) is 11.9 Å². The molecule has 1 aromatic rings. The Morgan fingerprint density at radius 1 is 1.53 bits per heavy atom. The van der Waals surface area contributed by atoms with Gasteiger partial charge in [-0.15, -0.1) is 0 Å². The van der Waals surface area contributed by atoms with E-state index in [1.165, 1.54) is 0 Å². The van der Waals surface area contributed by atoms with Gasteiger partial charge in [-0.1, -0.05) is 11.6 Å². The number of hydrogen-bond donors (Lipinski definition) is 2. The predicted molar refractivity (Wildman–Crippen MR) is 65.6 cm³/mol. The highest BCUT2D eigenvalue weighted by Gasteiger charge is 2.25. The molecule has 1 aliphatic rings. The van der Waals surface area contributed by atoms with E-state index in [1.807, 2.05) is 4.90 Å². The first-order valence-electron chi connectivity index (χ1n) is 5.40. The van der Waals surface area contributed by atoms with Crippen LogP contribution in [0.5, 0.6) is 0 Å². The van der Waals surface area contributed by atoms with Gasteiger partial charge in [0, 0.05) is 19.2 Å². The molecule has 92 valence electrons. The van der Waals surface area contributed by atoms with Crippen molar-refractivity contribution in [1.29, 1.82) is 0 Å². The monoisotopic (exact) mass is 255 g/mol. The summed E-state index contributed by atoms with van der Waals surface area (Å²) >= 11 is 5.82. The fraction of sp³-hybridized carbons (Fsp3) is 0.500. The first-order valence-corrected chi connectivity index (χ1v) is 5.78. The average Bonchev–Trinajstić information content (AvgIpc) is 2.28. The van der Waals surface area contributed by atoms with Crippen molar-refractivity contribution in [3.8, 4) is 0 Å². The van der Waals surface area contributed by atoms with E-state index in [0.717, 1.165) is 19.4 Å². The summed E-state index contributed by atoms with van der Waals surface area (Å²) in [5, 5.41) is 0.300. The highest BCUT2D eigenvalue weighted by Crippen LogP contribution is 2.23. The second-order valence-electron chi connectivity index (χ2n) is 4.09. The highest BCUT2D eigenvalue weighted by atomic mass is 35.5. The Labute approximate surface area is 104 Å². The van der Waals surface area contributed by atoms with Crippen LogP contribution < -0.4 is 16.4 Å². The summed E-state index contributed by atoms with van der Waals surface area (Å²) in [6.45, 7) is 1.37. The minimum absolute atomic E-state index is 0.133. The van der Waals surface area contributed by atoms with Gasteiger partial charge >= 0.3 is 0 Å². The standard InChI is InChI=1S/C10H14ClN5O/c11-7-4-8(15-10(13)14-7)16-3-1-2-6(5-16)9(12)17/h4,6H,1-3,5H2,(H2,12,17)(H2,13,14,15). The van der Waals surface area contributed by atoms with E-state index < -0.39 is 0 Å². The number of nitrogens with zero attached hydrogens (tertiary/aromatic N) is 3. The fourth-order valence-electron chi connectivity index (χ4n) is 2.00. The van der Waals surface area contributed by atoms with Gasteiger partial charge in [0.15, 0.2) is 0 Å². The third kappa shape index (κ3) is 2.76. The van der Waals surface area contributed by atoms with Crippen molar-refractivity contribution >= 4 is 29.3 Å². The summed E-state index contributed by atoms with van der Waals surface area (Å²) < 4.78 is 0. The Morgan fingerprint density at radius 2 is 2.29 bits per heavy atom. The maximum Gasteiger partial charge on any atom is 0.223 e. The van der Waals surface area contributed by atoms with Crippen LogP contribution >= 0.6 is 11.6 Å². The molecule has 1 fully saturated rings. The molecule has 1 aliphatic heterocycles. The largest absolute Gasteiger partial charge is 0.369 e. The Hall–Kier alpha value is -1.56. The normalized spacial score (nSPS) is 20.3. The van der Waals surface area contributed by atoms with Crippen molar-refractivity contribution < 1.29 is 4.79 Å². The number of carbonyl (C=O) groups is 1. The quantitative estimate of drug-likeness (QED) is 0.746. The number of halogens is 1. The summed E-state index contributed by atoms with van der Waals surface area (Å²) in [7, 11) is 0. The van der Waals surface area contributed by atoms with Gasteiger partial charge < -0.3 is 16.4 Å². The van der Waals surface area contributed by atoms with Crippen LogP contribution in [0.25, 0.3) is 0 Å². The molecule has 0 saturated carbocycles. The molecule has 1 unspecified atom stereocenters. The van der Waals surface area contributed by atoms with Gasteiger partial charge in [-0.25, -0.2) is 4.98 Å². The molecule has 17 heavy (non-hydrogen) atoms. The van der Waals surface area contributed by atoms with E-state index in [-0.39, 0.29) is 17.8 Å². The molecule has 0 spiro atoms. The van der Waals surface area contributed by atoms with Crippen molar-refractivity contribution in [2.24, 2.45) is 11.7 Å². The smallest absolute Gasteiger partial charge is 0.223 e. The summed E-state index contributed by atoms with van der Waals surface area (Å²) in [5.41, 5.74) is 10.9. The maximum absolute atomic E-state index is 11.2. The number of carbonyl (C=O) groups excluding carboxylic acids is 1. The molecular formula is C10H14ClN5O. The SMILES string of the molecule is NC(=O)C1CCCN(c2cc(Cl)nc(N)n2)C1. The molecule has 7 heteroatoms. The minimum Gasteiger partial charge on any atom is -0.369 e. The Balaban J connectivity index is 2.18. The van der Waals surface area contributed by atoms with Crippen LogP contribution in [0.15, 0.2) is 6.07 Å². The fourth-order valence-corrected chi connectivity index (χ4v) is 2.19. The van der Waals surface area contributed by atoms with E-state index in [1.54, 1.807) is 6.07 Å². The third-order valence-corrected chi connectivity index (χ3v) is 3.04. The number of rotatable bonds is 2. The zero-order valence-corrected chi connectivity index (χ0v) is 10.0. The predicted octanol–water partition coefficient (Wildman–Crippen LogP) is 0.414. The van der Waals surface area contributed by atoms with Gasteiger partial charge in [-0.3, -0.25) is 4.79 Å². The Morgan fingerprint density at radius 3 is 2.94 bits per heavy atom. The Kier molecular flexibility index (Phi) is 3.33. The first kappa shape index (κ1) is 11.9. The lowest BCUT2D eigenvalue weighted by atomic mass is 9.97. The zero-order chi connectivity index (χ0) is 12.4. The van der Waals surface area contributed by atoms with Crippen LogP contribution in [0.4, 0.5) is 11.8 Å². The van der Waals surface area contributed by atoms with Crippen molar-refractivity contribution in [3.63, 3.8) is 0 Å². The molecule has 0 aromatic carbocycles. The molecule has 6 nitrogen and oxygen atoms in total. The number of hydrogen-bond acceptors (Lipinski definition) is 5. The summed E-state index contributed by atoms with van der Waals surface area (Å²) in [4.78, 5) is 21.0. The Bertz CT molecular complexity index is 418. The summed E-state index contributed by atoms with van der Waals surface area (Å²) in [6.07, 6.45) is 1.72. The van der Waals surface area contributed by atoms with Crippen LogP contribution in [-0.2, 0) is 4.79 Å². The molecule has 0 bridgehead atoms. The van der Waals surface area contributed by atoms with Crippen molar-refractivity contribution in [2.45, 2.75) is 12.8 Å². The van der Waals surface area contributed by atoms with Crippen molar-refractivity contribution in [3.05, 3.63) is 11.2 Å². The third-order valence-electron chi connectivity index (χ3n) is 2.85. The molecule has 1 atom stereocenters. The molecular weight excluding hydrogens is 242 g/mol. The van der Waals surface area contributed by atoms with Crippen LogP contribution in [-0.4, -0.2) is 29.0 Å². The maximum atomic E-state index is 11.2. The molecule has 4 N–H and O–H groups in total. The van der Waals surface area contributed by atoms with E-state index in [0.29, 0.717) is 17.5 Å². The molecule has 2 rings (SSSR count). The van der Waals surface area contributed by atoms with Gasteiger partial charge in [0.1, 0.15) is 11.0 Å². The number of piperidine rings is 1. The summed E-state index contributed by atoms with van der Waals surface area (Å²) in [5.74, 6) is 0.365. The average molecular weight is 256 g/mol. The van der Waals surface area contributed by atoms with Crippen LogP contribution in [0.3, 0.4) is 0 Å². The van der Waals surface area contributed by atoms with E-state index in [4.69, 9.17) is 23.1 Å². The number of primary amides is 1. The molecule has 2 heterocycles. The highest BCUT2D eigenvalue weighted by molar-refractivity contribution is 6.29. The lowest BCUT2D eigenvalue weighted by molar-refractivity contribution is -0.122. The van der Waals surface area contributed by atoms with Gasteiger partial charge in [0.25, 0.3) is 0 Å². The second kappa shape index (κ2) is 4.75. The van der Waals surface area contributed by atoms with E-state index in [2.05, 4.69) is 9.97 Å². The van der Waals surface area contributed by atoms with Crippen LogP contribution in [0.2, 0.25) is 5.15 Å². The number of nitrogen functional groups attached to an aromatic ring is 1. The zero-order valence-electron chi connectivity index (χ0n) is 9.27. The number of nitrogens with two attached hydrogens (primary N) is 2. The van der Waals surface area contributed by atoms with Crippen molar-refractivity contribution in [2.75, 3.05) is 23.7 Å². The molecule has 0 radical (unpaired) electrons. The van der Waals surface area contributed by atoms with E-state index in [9.17, 15) is 4.79 Å². The minimum atomic E-state index is -0.275. The summed E-state index contributed by atoms with van der Waals surface area (Å²) in [6, 6.07) is 1.64. The molecule has 1 aromatic heterocycles. The first-order chi connectivity index (χ1) is 8.06. The van der Waals surface area contributed by atoms with Crippen LogP contribution in [0, 0.1) is 5.92 Å². The lowest BCUT2D eigenvalue weighted by Crippen LogP contribution is -2.41. The van der Waals surface area contributed by atoms with Gasteiger partial charge in [-0.05, 0) is 12.8 Å². The number of amides is 1. The van der Waals surface area contributed by atoms with Crippen molar-refractivity contribution in [1.82, 2.24) is 9.97 Å². The van der Waals surface area contributed by atoms with E-state index >= 15 is 0 Å². The molecule has 1 amide bonds. The number of aromatic nitrogens is 2. The molecule has 1 saturated heterocycles. The topological polar surface area (TPSA) is 98.1 Å². The van der Waals surface area contributed by atoms with Crippen LogP contribution in [0.1, 0.15) is 12.8 Å². The molecule has 0 aliphatic carbocycles. The van der Waals surface area contributed by atoms with Gasteiger partial charge in [0.05, 0.1) is 5.92 Å². The second-order valence-corrected chi connectivity index (χ2v) is 4.48. The van der Waals surface area contributed by atoms with Gasteiger partial charge in [-0.2, -0.15) is 4.98 Å². The lowest BCUT2D eigenvalue weighted by Gasteiger charge is -2.32.